The van der Waals surface area contributed by atoms with E-state index in [4.69, 9.17) is 11.6 Å². The predicted octanol–water partition coefficient (Wildman–Crippen LogP) is 5.04. The molecule has 0 bridgehead atoms. The van der Waals surface area contributed by atoms with E-state index in [0.29, 0.717) is 13.1 Å². The highest BCUT2D eigenvalue weighted by molar-refractivity contribution is 8.00. The van der Waals surface area contributed by atoms with Crippen molar-refractivity contribution in [3.05, 3.63) is 46.1 Å². The number of fused-ring (bicyclic) bond motifs is 1. The Morgan fingerprint density at radius 2 is 2.00 bits per heavy atom. The molecule has 0 aliphatic carbocycles. The maximum Gasteiger partial charge on any atom is 0.235 e. The zero-order valence-corrected chi connectivity index (χ0v) is 19.8. The zero-order chi connectivity index (χ0) is 21.3. The number of hydrogen-bond donors (Lipinski definition) is 0. The SMILES string of the molecule is CCc1cc2c(SC(C)C(=O)N3CCN(c4cccc(Cl)c4)CC3)nc(C)nc2s1. The lowest BCUT2D eigenvalue weighted by Gasteiger charge is -2.37. The molecule has 1 aliphatic rings. The van der Waals surface area contributed by atoms with E-state index in [1.165, 1.54) is 4.88 Å². The summed E-state index contributed by atoms with van der Waals surface area (Å²) < 4.78 is 0. The maximum atomic E-state index is 13.1. The van der Waals surface area contributed by atoms with Crippen molar-refractivity contribution in [1.82, 2.24) is 14.9 Å². The Kier molecular flexibility index (Phi) is 6.51. The fraction of sp³-hybridized carbons (Fsp3) is 0.409. The molecule has 3 aromatic rings. The molecule has 1 saturated heterocycles. The van der Waals surface area contributed by atoms with Gasteiger partial charge in [0.05, 0.1) is 5.25 Å². The number of rotatable bonds is 5. The number of aromatic nitrogens is 2. The fourth-order valence-electron chi connectivity index (χ4n) is 3.64. The molecule has 0 radical (unpaired) electrons. The molecule has 0 N–H and O–H groups in total. The van der Waals surface area contributed by atoms with Gasteiger partial charge in [-0.25, -0.2) is 9.97 Å². The molecule has 1 unspecified atom stereocenters. The minimum Gasteiger partial charge on any atom is -0.368 e. The second kappa shape index (κ2) is 9.12. The molecule has 1 fully saturated rings. The third-order valence-corrected chi connectivity index (χ3v) is 7.77. The molecule has 1 aromatic carbocycles. The molecule has 1 amide bonds. The standard InChI is InChI=1S/C22H25ClN4OS2/c1-4-18-13-19-20(24-15(3)25-21(19)30-18)29-14(2)22(28)27-10-8-26(9-11-27)17-7-5-6-16(23)12-17/h5-7,12-14H,4,8-11H2,1-3H3. The molecule has 0 spiro atoms. The van der Waals surface area contributed by atoms with Gasteiger partial charge in [-0.15, -0.1) is 11.3 Å². The Morgan fingerprint density at radius 3 is 2.70 bits per heavy atom. The van der Waals surface area contributed by atoms with Gasteiger partial charge in [0, 0.05) is 47.2 Å². The Hall–Kier alpha value is -1.83. The summed E-state index contributed by atoms with van der Waals surface area (Å²) in [7, 11) is 0. The fourth-order valence-corrected chi connectivity index (χ4v) is 5.96. The third-order valence-electron chi connectivity index (χ3n) is 5.27. The second-order valence-corrected chi connectivity index (χ2v) is 10.3. The number of amides is 1. The highest BCUT2D eigenvalue weighted by Gasteiger charge is 2.27. The summed E-state index contributed by atoms with van der Waals surface area (Å²) in [6, 6.07) is 10.1. The number of hydrogen-bond acceptors (Lipinski definition) is 6. The van der Waals surface area contributed by atoms with Gasteiger partial charge in [-0.3, -0.25) is 4.79 Å². The van der Waals surface area contributed by atoms with Crippen LogP contribution in [0.25, 0.3) is 10.2 Å². The lowest BCUT2D eigenvalue weighted by Crippen LogP contribution is -2.50. The Labute approximate surface area is 190 Å². The summed E-state index contributed by atoms with van der Waals surface area (Å²) in [5.41, 5.74) is 1.11. The number of thioether (sulfide) groups is 1. The Morgan fingerprint density at radius 1 is 1.23 bits per heavy atom. The molecule has 1 aliphatic heterocycles. The molecule has 5 nitrogen and oxygen atoms in total. The number of anilines is 1. The van der Waals surface area contributed by atoms with Crippen LogP contribution >= 0.6 is 34.7 Å². The van der Waals surface area contributed by atoms with Crippen molar-refractivity contribution in [2.75, 3.05) is 31.1 Å². The van der Waals surface area contributed by atoms with Gasteiger partial charge in [0.25, 0.3) is 0 Å². The van der Waals surface area contributed by atoms with Crippen LogP contribution in [-0.4, -0.2) is 52.2 Å². The van der Waals surface area contributed by atoms with Crippen molar-refractivity contribution >= 4 is 56.5 Å². The van der Waals surface area contributed by atoms with Gasteiger partial charge >= 0.3 is 0 Å². The maximum absolute atomic E-state index is 13.1. The van der Waals surface area contributed by atoms with E-state index < -0.39 is 0 Å². The van der Waals surface area contributed by atoms with E-state index in [0.717, 1.165) is 51.3 Å². The first-order chi connectivity index (χ1) is 14.4. The van der Waals surface area contributed by atoms with Crippen LogP contribution < -0.4 is 4.90 Å². The number of aryl methyl sites for hydroxylation is 2. The van der Waals surface area contributed by atoms with E-state index in [9.17, 15) is 4.79 Å². The van der Waals surface area contributed by atoms with Crippen molar-refractivity contribution in [2.24, 2.45) is 0 Å². The van der Waals surface area contributed by atoms with Crippen molar-refractivity contribution in [2.45, 2.75) is 37.5 Å². The summed E-state index contributed by atoms with van der Waals surface area (Å²) in [6.45, 7) is 9.09. The van der Waals surface area contributed by atoms with Gasteiger partial charge in [0.1, 0.15) is 15.7 Å². The smallest absolute Gasteiger partial charge is 0.235 e. The molecule has 158 valence electrons. The molecule has 1 atom stereocenters. The summed E-state index contributed by atoms with van der Waals surface area (Å²) in [5, 5.41) is 2.53. The van der Waals surface area contributed by atoms with Gasteiger partial charge < -0.3 is 9.80 Å². The number of nitrogens with zero attached hydrogens (tertiary/aromatic N) is 4. The van der Waals surface area contributed by atoms with Gasteiger partial charge in [-0.05, 0) is 44.5 Å². The van der Waals surface area contributed by atoms with E-state index in [-0.39, 0.29) is 11.2 Å². The summed E-state index contributed by atoms with van der Waals surface area (Å²) in [4.78, 5) is 28.9. The Bertz CT molecular complexity index is 1060. The molecule has 0 saturated carbocycles. The van der Waals surface area contributed by atoms with Crippen LogP contribution in [0.2, 0.25) is 5.02 Å². The van der Waals surface area contributed by atoms with Crippen molar-refractivity contribution in [1.29, 1.82) is 0 Å². The lowest BCUT2D eigenvalue weighted by atomic mass is 10.2. The van der Waals surface area contributed by atoms with E-state index in [1.807, 2.05) is 36.9 Å². The lowest BCUT2D eigenvalue weighted by molar-refractivity contribution is -0.130. The van der Waals surface area contributed by atoms with E-state index in [1.54, 1.807) is 23.1 Å². The van der Waals surface area contributed by atoms with Crippen LogP contribution in [-0.2, 0) is 11.2 Å². The third kappa shape index (κ3) is 4.58. The van der Waals surface area contributed by atoms with Gasteiger partial charge in [0.2, 0.25) is 5.91 Å². The summed E-state index contributed by atoms with van der Waals surface area (Å²) in [6.07, 6.45) is 0.982. The van der Waals surface area contributed by atoms with Crippen molar-refractivity contribution in [3.63, 3.8) is 0 Å². The average Bonchev–Trinajstić information content (AvgIpc) is 3.16. The van der Waals surface area contributed by atoms with Gasteiger partial charge in [-0.1, -0.05) is 36.4 Å². The second-order valence-electron chi connectivity index (χ2n) is 7.41. The van der Waals surface area contributed by atoms with Crippen LogP contribution in [0.4, 0.5) is 5.69 Å². The quantitative estimate of drug-likeness (QED) is 0.394. The molecule has 8 heteroatoms. The molecule has 30 heavy (non-hydrogen) atoms. The average molecular weight is 461 g/mol. The van der Waals surface area contributed by atoms with Crippen molar-refractivity contribution < 1.29 is 4.79 Å². The molecular weight excluding hydrogens is 436 g/mol. The highest BCUT2D eigenvalue weighted by atomic mass is 35.5. The van der Waals surface area contributed by atoms with Crippen LogP contribution in [0.1, 0.15) is 24.5 Å². The first-order valence-electron chi connectivity index (χ1n) is 10.2. The molecule has 4 rings (SSSR count). The van der Waals surface area contributed by atoms with Crippen LogP contribution in [0.3, 0.4) is 0 Å². The number of piperazine rings is 1. The van der Waals surface area contributed by atoms with Crippen molar-refractivity contribution in [3.8, 4) is 0 Å². The summed E-state index contributed by atoms with van der Waals surface area (Å²) >= 11 is 9.38. The number of carbonyl (C=O) groups is 1. The zero-order valence-electron chi connectivity index (χ0n) is 17.4. The minimum atomic E-state index is -0.190. The van der Waals surface area contributed by atoms with Crippen LogP contribution in [0, 0.1) is 6.92 Å². The first-order valence-corrected chi connectivity index (χ1v) is 12.2. The normalized spacial score (nSPS) is 15.6. The van der Waals surface area contributed by atoms with E-state index >= 15 is 0 Å². The van der Waals surface area contributed by atoms with Crippen LogP contribution in [0.15, 0.2) is 35.4 Å². The molecule has 2 aromatic heterocycles. The molecular formula is C22H25ClN4OS2. The number of halogens is 1. The predicted molar refractivity (Wildman–Crippen MR) is 127 cm³/mol. The topological polar surface area (TPSA) is 49.3 Å². The largest absolute Gasteiger partial charge is 0.368 e. The highest BCUT2D eigenvalue weighted by Crippen LogP contribution is 2.34. The van der Waals surface area contributed by atoms with Gasteiger partial charge in [-0.2, -0.15) is 0 Å². The number of thiophene rings is 1. The molecule has 3 heterocycles. The number of carbonyl (C=O) groups excluding carboxylic acids is 1. The number of benzene rings is 1. The van der Waals surface area contributed by atoms with Crippen LogP contribution in [0.5, 0.6) is 0 Å². The van der Waals surface area contributed by atoms with E-state index in [2.05, 4.69) is 33.9 Å². The van der Waals surface area contributed by atoms with Gasteiger partial charge in [0.15, 0.2) is 0 Å². The first kappa shape index (κ1) is 21.4. The monoisotopic (exact) mass is 460 g/mol. The Balaban J connectivity index is 1.42. The minimum absolute atomic E-state index is 0.168. The summed E-state index contributed by atoms with van der Waals surface area (Å²) in [5.74, 6) is 0.922.